The standard InChI is InChI=1S/C25H26ClN5O3.C17H20ClN5O/c26-20-8-4-7-17-18(11-12-28-22(17)20)24(32)31-23(27)19-13-16(9-10-21(19)30-31)29-25(33)34-14-15-5-2-1-3-6-15;18-13-3-1-2-10-11(6-7-21-15(10)13)17(24)23-16(20)12-8-9(19)4-5-14(12)22-23/h1-8,16,18,28H,9-14,27H2,(H,29,33);1-3,9,11,21H,4-8,19-20H2/t16-,18-;9-,11-/m00/s1. The van der Waals surface area contributed by atoms with E-state index in [1.54, 1.807) is 6.07 Å². The van der Waals surface area contributed by atoms with Crippen LogP contribution in [-0.4, -0.2) is 62.6 Å². The molecule has 0 unspecified atom stereocenters. The second kappa shape index (κ2) is 16.7. The summed E-state index contributed by atoms with van der Waals surface area (Å²) in [7, 11) is 0. The van der Waals surface area contributed by atoms with Gasteiger partial charge in [0.15, 0.2) is 0 Å². The summed E-state index contributed by atoms with van der Waals surface area (Å²) in [6.07, 6.45) is 5.01. The molecule has 4 aliphatic rings. The summed E-state index contributed by atoms with van der Waals surface area (Å²) in [6.45, 7) is 1.55. The Balaban J connectivity index is 0.000000172. The summed E-state index contributed by atoms with van der Waals surface area (Å²) in [4.78, 5) is 38.9. The van der Waals surface area contributed by atoms with Crippen LogP contribution in [0.25, 0.3) is 0 Å². The maximum atomic E-state index is 13.5. The zero-order valence-electron chi connectivity index (χ0n) is 31.8. The molecule has 2 aromatic heterocycles. The first-order valence-corrected chi connectivity index (χ1v) is 20.4. The monoisotopic (exact) mass is 824 g/mol. The maximum Gasteiger partial charge on any atom is 0.407 e. The molecule has 9 rings (SSSR count). The molecule has 58 heavy (non-hydrogen) atoms. The number of hydrogen-bond donors (Lipinski definition) is 6. The number of ether oxygens (including phenoxy) is 1. The minimum atomic E-state index is -0.470. The van der Waals surface area contributed by atoms with E-state index in [4.69, 9.17) is 45.1 Å². The highest BCUT2D eigenvalue weighted by Gasteiger charge is 2.35. The molecular weight excluding hydrogens is 779 g/mol. The van der Waals surface area contributed by atoms with Crippen molar-refractivity contribution in [2.45, 2.75) is 81.9 Å². The van der Waals surface area contributed by atoms with Gasteiger partial charge in [0.25, 0.3) is 11.8 Å². The van der Waals surface area contributed by atoms with Crippen molar-refractivity contribution in [1.29, 1.82) is 0 Å². The first kappa shape index (κ1) is 39.3. The Hall–Kier alpha value is -5.57. The highest BCUT2D eigenvalue weighted by molar-refractivity contribution is 6.34. The second-order valence-corrected chi connectivity index (χ2v) is 16.0. The van der Waals surface area contributed by atoms with Crippen molar-refractivity contribution in [3.05, 3.63) is 116 Å². The predicted molar refractivity (Wildman–Crippen MR) is 225 cm³/mol. The van der Waals surface area contributed by atoms with E-state index in [1.807, 2.05) is 60.7 Å². The van der Waals surface area contributed by atoms with E-state index < -0.39 is 6.09 Å². The Morgan fingerprint density at radius 3 is 1.83 bits per heavy atom. The lowest BCUT2D eigenvalue weighted by Gasteiger charge is -2.26. The summed E-state index contributed by atoms with van der Waals surface area (Å²) < 4.78 is 8.05. The number of nitrogens with zero attached hydrogens (tertiary/aromatic N) is 4. The number of nitrogens with one attached hydrogen (secondary N) is 3. The lowest BCUT2D eigenvalue weighted by Crippen LogP contribution is -2.39. The summed E-state index contributed by atoms with van der Waals surface area (Å²) in [6, 6.07) is 20.7. The van der Waals surface area contributed by atoms with Crippen molar-refractivity contribution >= 4 is 64.1 Å². The Kier molecular flexibility index (Phi) is 11.3. The molecule has 9 N–H and O–H groups in total. The Bertz CT molecular complexity index is 2360. The third kappa shape index (κ3) is 7.83. The number of benzene rings is 3. The van der Waals surface area contributed by atoms with Crippen LogP contribution in [0.1, 0.15) is 86.3 Å². The number of anilines is 4. The van der Waals surface area contributed by atoms with Gasteiger partial charge in [0.05, 0.1) is 44.6 Å². The largest absolute Gasteiger partial charge is 0.445 e. The second-order valence-electron chi connectivity index (χ2n) is 15.2. The Morgan fingerprint density at radius 1 is 0.724 bits per heavy atom. The lowest BCUT2D eigenvalue weighted by molar-refractivity contribution is 0.0851. The van der Waals surface area contributed by atoms with Gasteiger partial charge < -0.3 is 37.9 Å². The average molecular weight is 826 g/mol. The van der Waals surface area contributed by atoms with Gasteiger partial charge in [0.2, 0.25) is 0 Å². The molecule has 0 saturated carbocycles. The molecule has 1 amide bonds. The molecule has 4 heterocycles. The van der Waals surface area contributed by atoms with Crippen LogP contribution in [0.2, 0.25) is 10.0 Å². The number of aryl methyl sites for hydroxylation is 2. The fourth-order valence-electron chi connectivity index (χ4n) is 8.44. The number of rotatable bonds is 5. The Morgan fingerprint density at radius 2 is 1.26 bits per heavy atom. The zero-order valence-corrected chi connectivity index (χ0v) is 33.4. The number of para-hydroxylation sites is 2. The molecule has 0 spiro atoms. The van der Waals surface area contributed by atoms with E-state index in [9.17, 15) is 14.4 Å². The van der Waals surface area contributed by atoms with Gasteiger partial charge in [-0.15, -0.1) is 0 Å². The Labute approximate surface area is 345 Å². The summed E-state index contributed by atoms with van der Waals surface area (Å²) in [5, 5.41) is 19.7. The summed E-state index contributed by atoms with van der Waals surface area (Å²) in [5.74, 6) is -0.152. The van der Waals surface area contributed by atoms with Crippen LogP contribution >= 0.6 is 23.2 Å². The zero-order chi connectivity index (χ0) is 40.5. The van der Waals surface area contributed by atoms with Crippen molar-refractivity contribution in [3.63, 3.8) is 0 Å². The number of fused-ring (bicyclic) bond motifs is 4. The minimum absolute atomic E-state index is 0.0889. The number of alkyl carbamates (subject to hydrolysis) is 1. The van der Waals surface area contributed by atoms with Crippen LogP contribution in [0.15, 0.2) is 66.7 Å². The van der Waals surface area contributed by atoms with Crippen molar-refractivity contribution in [2.75, 3.05) is 35.2 Å². The highest BCUT2D eigenvalue weighted by atomic mass is 35.5. The molecule has 0 saturated heterocycles. The van der Waals surface area contributed by atoms with Gasteiger partial charge in [0.1, 0.15) is 18.2 Å². The third-order valence-electron chi connectivity index (χ3n) is 11.5. The van der Waals surface area contributed by atoms with Crippen molar-refractivity contribution < 1.29 is 19.1 Å². The normalized spacial score (nSPS) is 20.3. The van der Waals surface area contributed by atoms with E-state index in [2.05, 4.69) is 26.1 Å². The molecule has 302 valence electrons. The molecule has 5 aromatic rings. The van der Waals surface area contributed by atoms with E-state index in [0.29, 0.717) is 73.3 Å². The number of hydrogen-bond acceptors (Lipinski definition) is 11. The number of aromatic nitrogens is 4. The van der Waals surface area contributed by atoms with E-state index in [-0.39, 0.29) is 42.3 Å². The molecule has 0 radical (unpaired) electrons. The van der Waals surface area contributed by atoms with E-state index in [1.165, 1.54) is 9.36 Å². The van der Waals surface area contributed by atoms with E-state index >= 15 is 0 Å². The van der Waals surface area contributed by atoms with Gasteiger partial charge in [0, 0.05) is 36.3 Å². The maximum absolute atomic E-state index is 13.5. The molecule has 3 aromatic carbocycles. The number of amides is 1. The van der Waals surface area contributed by atoms with Gasteiger partial charge in [-0.1, -0.05) is 77.8 Å². The fraction of sp³-hybridized carbons (Fsp3) is 0.357. The minimum Gasteiger partial charge on any atom is -0.445 e. The van der Waals surface area contributed by atoms with Gasteiger partial charge in [-0.25, -0.2) is 4.79 Å². The SMILES string of the molecule is Nc1c2c(nn1C(=O)[C@H]1CCNc3c(Cl)cccc31)CC[C@H](N)C2.Nc1c2c(nn1C(=O)[C@H]1CCNc3c(Cl)cccc31)CC[C@H](NC(=O)OCc1ccccc1)C2. The summed E-state index contributed by atoms with van der Waals surface area (Å²) >= 11 is 12.6. The predicted octanol–water partition coefficient (Wildman–Crippen LogP) is 6.32. The quantitative estimate of drug-likeness (QED) is 0.116. The third-order valence-corrected chi connectivity index (χ3v) is 12.1. The van der Waals surface area contributed by atoms with Crippen LogP contribution in [0.5, 0.6) is 0 Å². The van der Waals surface area contributed by atoms with Gasteiger partial charge in [-0.3, -0.25) is 9.59 Å². The van der Waals surface area contributed by atoms with Crippen LogP contribution in [0, 0.1) is 0 Å². The van der Waals surface area contributed by atoms with Crippen molar-refractivity contribution in [3.8, 4) is 0 Å². The van der Waals surface area contributed by atoms with Crippen LogP contribution < -0.4 is 33.2 Å². The highest BCUT2D eigenvalue weighted by Crippen LogP contribution is 2.40. The molecule has 0 fully saturated rings. The molecular formula is C42H46Cl2N10O4. The number of nitrogen functional groups attached to an aromatic ring is 2. The van der Waals surface area contributed by atoms with Crippen molar-refractivity contribution in [2.24, 2.45) is 5.73 Å². The lowest BCUT2D eigenvalue weighted by atomic mass is 9.90. The summed E-state index contributed by atoms with van der Waals surface area (Å²) in [5.41, 5.74) is 26.4. The molecule has 16 heteroatoms. The fourth-order valence-corrected chi connectivity index (χ4v) is 8.94. The average Bonchev–Trinajstić information content (AvgIpc) is 3.75. The molecule has 14 nitrogen and oxygen atoms in total. The van der Waals surface area contributed by atoms with Gasteiger partial charge in [-0.2, -0.15) is 19.6 Å². The van der Waals surface area contributed by atoms with Crippen LogP contribution in [0.3, 0.4) is 0 Å². The van der Waals surface area contributed by atoms with E-state index in [0.717, 1.165) is 63.4 Å². The van der Waals surface area contributed by atoms with Crippen molar-refractivity contribution in [1.82, 2.24) is 24.9 Å². The number of halogens is 2. The molecule has 4 atom stereocenters. The number of carbonyl (C=O) groups is 3. The van der Waals surface area contributed by atoms with Crippen LogP contribution in [-0.2, 0) is 37.0 Å². The first-order valence-electron chi connectivity index (χ1n) is 19.7. The van der Waals surface area contributed by atoms with Gasteiger partial charge >= 0.3 is 6.09 Å². The molecule has 2 aliphatic carbocycles. The molecule has 2 aliphatic heterocycles. The topological polar surface area (TPSA) is 210 Å². The first-order chi connectivity index (χ1) is 28.1. The van der Waals surface area contributed by atoms with Crippen LogP contribution in [0.4, 0.5) is 27.8 Å². The number of carbonyl (C=O) groups excluding carboxylic acids is 3. The molecule has 0 bridgehead atoms. The van der Waals surface area contributed by atoms with Gasteiger partial charge in [-0.05, 0) is 80.2 Å². The smallest absolute Gasteiger partial charge is 0.407 e. The number of nitrogens with two attached hydrogens (primary N) is 3.